The lowest BCUT2D eigenvalue weighted by atomic mass is 10.1. The Kier molecular flexibility index (Phi) is 4.13. The van der Waals surface area contributed by atoms with Gasteiger partial charge in [-0.1, -0.05) is 30.3 Å². The van der Waals surface area contributed by atoms with Gasteiger partial charge in [-0.15, -0.1) is 0 Å². The van der Waals surface area contributed by atoms with E-state index in [1.807, 2.05) is 49.4 Å². The zero-order chi connectivity index (χ0) is 13.7. The van der Waals surface area contributed by atoms with Crippen molar-refractivity contribution in [1.29, 1.82) is 0 Å². The normalized spacial score (nSPS) is 10.0. The molecule has 1 N–H and O–H groups in total. The van der Waals surface area contributed by atoms with Gasteiger partial charge in [-0.25, -0.2) is 4.79 Å². The summed E-state index contributed by atoms with van der Waals surface area (Å²) < 4.78 is 4.84. The number of carbonyl (C=O) groups is 1. The third kappa shape index (κ3) is 3.31. The molecule has 2 aromatic rings. The van der Waals surface area contributed by atoms with Crippen molar-refractivity contribution in [3.63, 3.8) is 0 Å². The van der Waals surface area contributed by atoms with Crippen LogP contribution in [0.15, 0.2) is 42.5 Å². The maximum atomic E-state index is 11.4. The molecule has 0 unspecified atom stereocenters. The van der Waals surface area contributed by atoms with Gasteiger partial charge in [-0.2, -0.15) is 0 Å². The van der Waals surface area contributed by atoms with Crippen LogP contribution in [0.2, 0.25) is 0 Å². The van der Waals surface area contributed by atoms with Crippen LogP contribution in [-0.4, -0.2) is 17.7 Å². The monoisotopic (exact) mass is 256 g/mol. The third-order valence-corrected chi connectivity index (χ3v) is 2.67. The Balaban J connectivity index is 2.20. The summed E-state index contributed by atoms with van der Waals surface area (Å²) in [6, 6.07) is 13.6. The molecule has 0 spiro atoms. The molecular formula is C15H16N2O2. The lowest BCUT2D eigenvalue weighted by Gasteiger charge is -2.09. The minimum Gasteiger partial charge on any atom is -0.450 e. The number of aromatic nitrogens is 1. The zero-order valence-electron chi connectivity index (χ0n) is 11.0. The first-order chi connectivity index (χ1) is 9.20. The molecular weight excluding hydrogens is 240 g/mol. The lowest BCUT2D eigenvalue weighted by molar-refractivity contribution is 0.168. The SMILES string of the molecule is CCOC(=O)Nc1ccc(-c2ccccc2)nc1C. The highest BCUT2D eigenvalue weighted by atomic mass is 16.5. The molecule has 0 fully saturated rings. The molecule has 1 heterocycles. The van der Waals surface area contributed by atoms with E-state index < -0.39 is 6.09 Å². The first kappa shape index (κ1) is 13.1. The molecule has 1 aromatic carbocycles. The number of nitrogens with zero attached hydrogens (tertiary/aromatic N) is 1. The minimum absolute atomic E-state index is 0.348. The van der Waals surface area contributed by atoms with Gasteiger partial charge in [0, 0.05) is 5.56 Å². The summed E-state index contributed by atoms with van der Waals surface area (Å²) in [5, 5.41) is 2.67. The van der Waals surface area contributed by atoms with Crippen molar-refractivity contribution >= 4 is 11.8 Å². The second-order valence-electron chi connectivity index (χ2n) is 4.04. The Bertz CT molecular complexity index is 568. The number of amides is 1. The van der Waals surface area contributed by atoms with Gasteiger partial charge in [0.2, 0.25) is 0 Å². The van der Waals surface area contributed by atoms with Crippen LogP contribution in [0.25, 0.3) is 11.3 Å². The van der Waals surface area contributed by atoms with Crippen molar-refractivity contribution < 1.29 is 9.53 Å². The topological polar surface area (TPSA) is 51.2 Å². The molecule has 0 bridgehead atoms. The molecule has 0 radical (unpaired) electrons. The smallest absolute Gasteiger partial charge is 0.411 e. The maximum absolute atomic E-state index is 11.4. The van der Waals surface area contributed by atoms with Gasteiger partial charge in [0.25, 0.3) is 0 Å². The van der Waals surface area contributed by atoms with E-state index in [0.29, 0.717) is 12.3 Å². The number of carbonyl (C=O) groups excluding carboxylic acids is 1. The number of ether oxygens (including phenoxy) is 1. The van der Waals surface area contributed by atoms with Gasteiger partial charge in [0.05, 0.1) is 23.7 Å². The van der Waals surface area contributed by atoms with Crippen LogP contribution in [0.4, 0.5) is 10.5 Å². The Morgan fingerprint density at radius 3 is 2.58 bits per heavy atom. The molecule has 98 valence electrons. The quantitative estimate of drug-likeness (QED) is 0.912. The molecule has 1 aromatic heterocycles. The van der Waals surface area contributed by atoms with Crippen LogP contribution < -0.4 is 5.32 Å². The molecule has 0 saturated heterocycles. The summed E-state index contributed by atoms with van der Waals surface area (Å²) in [6.07, 6.45) is -0.458. The van der Waals surface area contributed by atoms with Gasteiger partial charge < -0.3 is 4.74 Å². The Hall–Kier alpha value is -2.36. The minimum atomic E-state index is -0.458. The number of pyridine rings is 1. The third-order valence-electron chi connectivity index (χ3n) is 2.67. The average molecular weight is 256 g/mol. The Labute approximate surface area is 112 Å². The maximum Gasteiger partial charge on any atom is 0.411 e. The summed E-state index contributed by atoms with van der Waals surface area (Å²) in [6.45, 7) is 3.97. The summed E-state index contributed by atoms with van der Waals surface area (Å²) in [4.78, 5) is 15.8. The lowest BCUT2D eigenvalue weighted by Crippen LogP contribution is -2.14. The first-order valence-corrected chi connectivity index (χ1v) is 6.17. The molecule has 19 heavy (non-hydrogen) atoms. The van der Waals surface area contributed by atoms with Gasteiger partial charge in [0.1, 0.15) is 0 Å². The van der Waals surface area contributed by atoms with Crippen LogP contribution in [0, 0.1) is 6.92 Å². The second kappa shape index (κ2) is 6.00. The number of nitrogens with one attached hydrogen (secondary N) is 1. The van der Waals surface area contributed by atoms with E-state index >= 15 is 0 Å². The van der Waals surface area contributed by atoms with E-state index in [9.17, 15) is 4.79 Å². The van der Waals surface area contributed by atoms with E-state index in [2.05, 4.69) is 10.3 Å². The molecule has 4 heteroatoms. The zero-order valence-corrected chi connectivity index (χ0v) is 11.0. The van der Waals surface area contributed by atoms with E-state index in [1.165, 1.54) is 0 Å². The van der Waals surface area contributed by atoms with Crippen molar-refractivity contribution in [1.82, 2.24) is 4.98 Å². The van der Waals surface area contributed by atoms with E-state index in [-0.39, 0.29) is 0 Å². The van der Waals surface area contributed by atoms with Crippen LogP contribution in [0.5, 0.6) is 0 Å². The highest BCUT2D eigenvalue weighted by molar-refractivity contribution is 5.85. The van der Waals surface area contributed by atoms with Crippen molar-refractivity contribution in [3.05, 3.63) is 48.2 Å². The Morgan fingerprint density at radius 1 is 1.21 bits per heavy atom. The number of benzene rings is 1. The van der Waals surface area contributed by atoms with E-state index in [1.54, 1.807) is 6.92 Å². The molecule has 0 aliphatic rings. The van der Waals surface area contributed by atoms with Gasteiger partial charge in [-0.3, -0.25) is 10.3 Å². The summed E-state index contributed by atoms with van der Waals surface area (Å²) in [5.41, 5.74) is 3.35. The fourth-order valence-corrected chi connectivity index (χ4v) is 1.74. The van der Waals surface area contributed by atoms with Gasteiger partial charge >= 0.3 is 6.09 Å². The summed E-state index contributed by atoms with van der Waals surface area (Å²) in [5.74, 6) is 0. The van der Waals surface area contributed by atoms with Crippen LogP contribution in [-0.2, 0) is 4.74 Å². The van der Waals surface area contributed by atoms with E-state index in [4.69, 9.17) is 4.74 Å². The Morgan fingerprint density at radius 2 is 1.95 bits per heavy atom. The predicted molar refractivity (Wildman–Crippen MR) is 75.1 cm³/mol. The largest absolute Gasteiger partial charge is 0.450 e. The number of anilines is 1. The van der Waals surface area contributed by atoms with Crippen molar-refractivity contribution in [2.24, 2.45) is 0 Å². The molecule has 0 atom stereocenters. The molecule has 1 amide bonds. The molecule has 2 rings (SSSR count). The fourth-order valence-electron chi connectivity index (χ4n) is 1.74. The number of hydrogen-bond donors (Lipinski definition) is 1. The molecule has 0 aliphatic carbocycles. The molecule has 0 saturated carbocycles. The van der Waals surface area contributed by atoms with E-state index in [0.717, 1.165) is 17.0 Å². The molecule has 4 nitrogen and oxygen atoms in total. The average Bonchev–Trinajstić information content (AvgIpc) is 2.42. The van der Waals surface area contributed by atoms with Crippen molar-refractivity contribution in [3.8, 4) is 11.3 Å². The van der Waals surface area contributed by atoms with Gasteiger partial charge in [0.15, 0.2) is 0 Å². The number of hydrogen-bond acceptors (Lipinski definition) is 3. The summed E-state index contributed by atoms with van der Waals surface area (Å²) in [7, 11) is 0. The highest BCUT2D eigenvalue weighted by Gasteiger charge is 2.07. The van der Waals surface area contributed by atoms with Crippen LogP contribution >= 0.6 is 0 Å². The fraction of sp³-hybridized carbons (Fsp3) is 0.200. The first-order valence-electron chi connectivity index (χ1n) is 6.17. The van der Waals surface area contributed by atoms with Crippen molar-refractivity contribution in [2.75, 3.05) is 11.9 Å². The highest BCUT2D eigenvalue weighted by Crippen LogP contribution is 2.21. The summed E-state index contributed by atoms with van der Waals surface area (Å²) >= 11 is 0. The standard InChI is InChI=1S/C15H16N2O2/c1-3-19-15(18)17-13-9-10-14(16-11(13)2)12-7-5-4-6-8-12/h4-10H,3H2,1-2H3,(H,17,18). The van der Waals surface area contributed by atoms with Gasteiger partial charge in [-0.05, 0) is 26.0 Å². The second-order valence-corrected chi connectivity index (χ2v) is 4.04. The predicted octanol–water partition coefficient (Wildman–Crippen LogP) is 3.63. The van der Waals surface area contributed by atoms with Crippen molar-refractivity contribution in [2.45, 2.75) is 13.8 Å². The number of aryl methyl sites for hydroxylation is 1. The van der Waals surface area contributed by atoms with Crippen LogP contribution in [0.1, 0.15) is 12.6 Å². The molecule has 0 aliphatic heterocycles. The number of rotatable bonds is 3. The van der Waals surface area contributed by atoms with Crippen LogP contribution in [0.3, 0.4) is 0 Å².